The molecule has 3 rings (SSSR count). The molecule has 5 nitrogen and oxygen atoms in total. The third-order valence-corrected chi connectivity index (χ3v) is 7.08. The molecule has 2 aliphatic rings. The van der Waals surface area contributed by atoms with Crippen molar-refractivity contribution in [3.63, 3.8) is 0 Å². The molecule has 1 aliphatic carbocycles. The predicted octanol–water partition coefficient (Wildman–Crippen LogP) is 2.97. The second kappa shape index (κ2) is 8.72. The zero-order chi connectivity index (χ0) is 18.6. The van der Waals surface area contributed by atoms with Gasteiger partial charge in [0.1, 0.15) is 10.6 Å². The van der Waals surface area contributed by atoms with Gasteiger partial charge < -0.3 is 9.64 Å². The smallest absolute Gasteiger partial charge is 0.244 e. The van der Waals surface area contributed by atoms with E-state index in [4.69, 9.17) is 4.74 Å². The summed E-state index contributed by atoms with van der Waals surface area (Å²) in [6, 6.07) is 3.74. The lowest BCUT2D eigenvalue weighted by atomic mass is 9.92. The molecule has 0 unspecified atom stereocenters. The number of piperidine rings is 1. The monoisotopic (exact) mass is 380 g/mol. The highest BCUT2D eigenvalue weighted by atomic mass is 32.2. The van der Waals surface area contributed by atoms with Gasteiger partial charge in [-0.1, -0.05) is 6.92 Å². The van der Waals surface area contributed by atoms with E-state index >= 15 is 0 Å². The first kappa shape index (κ1) is 19.6. The third-order valence-electron chi connectivity index (χ3n) is 5.60. The maximum absolute atomic E-state index is 12.8. The van der Waals surface area contributed by atoms with Gasteiger partial charge in [-0.3, -0.25) is 0 Å². The van der Waals surface area contributed by atoms with Crippen LogP contribution in [0.1, 0.15) is 50.2 Å². The fraction of sp³-hybridized carbons (Fsp3) is 0.700. The minimum atomic E-state index is -3.54. The molecule has 1 heterocycles. The Kier molecular flexibility index (Phi) is 6.59. The molecule has 1 aromatic carbocycles. The Balaban J connectivity index is 1.60. The van der Waals surface area contributed by atoms with Crippen molar-refractivity contribution in [2.24, 2.45) is 5.92 Å². The molecule has 1 aliphatic heterocycles. The lowest BCUT2D eigenvalue weighted by Crippen LogP contribution is -2.36. The Morgan fingerprint density at radius 2 is 1.92 bits per heavy atom. The summed E-state index contributed by atoms with van der Waals surface area (Å²) in [7, 11) is -2.00. The molecule has 26 heavy (non-hydrogen) atoms. The van der Waals surface area contributed by atoms with Gasteiger partial charge in [-0.25, -0.2) is 13.1 Å². The number of likely N-dealkylation sites (tertiary alicyclic amines) is 1. The van der Waals surface area contributed by atoms with Gasteiger partial charge in [-0.05, 0) is 87.2 Å². The van der Waals surface area contributed by atoms with Crippen molar-refractivity contribution in [2.75, 3.05) is 33.3 Å². The largest absolute Gasteiger partial charge is 0.495 e. The summed E-state index contributed by atoms with van der Waals surface area (Å²) in [5.41, 5.74) is 2.38. The maximum atomic E-state index is 12.8. The molecule has 6 heteroatoms. The maximum Gasteiger partial charge on any atom is 0.244 e. The lowest BCUT2D eigenvalue weighted by Gasteiger charge is -2.30. The fourth-order valence-corrected chi connectivity index (χ4v) is 5.46. The van der Waals surface area contributed by atoms with Crippen molar-refractivity contribution in [3.05, 3.63) is 23.3 Å². The topological polar surface area (TPSA) is 58.6 Å². The third kappa shape index (κ3) is 4.78. The van der Waals surface area contributed by atoms with Gasteiger partial charge in [-0.2, -0.15) is 0 Å². The Bertz CT molecular complexity index is 718. The number of nitrogens with one attached hydrogen (secondary N) is 1. The molecule has 1 fully saturated rings. The van der Waals surface area contributed by atoms with Gasteiger partial charge >= 0.3 is 0 Å². The summed E-state index contributed by atoms with van der Waals surface area (Å²) in [6.07, 6.45) is 7.64. The van der Waals surface area contributed by atoms with Crippen molar-refractivity contribution in [1.29, 1.82) is 0 Å². The summed E-state index contributed by atoms with van der Waals surface area (Å²) in [6.45, 7) is 5.97. The van der Waals surface area contributed by atoms with E-state index in [-0.39, 0.29) is 4.90 Å². The van der Waals surface area contributed by atoms with Crippen LogP contribution in [0.15, 0.2) is 17.0 Å². The molecule has 0 aromatic heterocycles. The van der Waals surface area contributed by atoms with E-state index in [0.717, 1.165) is 63.2 Å². The van der Waals surface area contributed by atoms with Crippen molar-refractivity contribution in [3.8, 4) is 5.75 Å². The van der Waals surface area contributed by atoms with Gasteiger partial charge in [0.15, 0.2) is 0 Å². The normalized spacial score (nSPS) is 21.4. The average Bonchev–Trinajstić information content (AvgIpc) is 2.64. The van der Waals surface area contributed by atoms with Crippen molar-refractivity contribution in [2.45, 2.75) is 56.8 Å². The molecule has 1 saturated heterocycles. The van der Waals surface area contributed by atoms with Crippen molar-refractivity contribution in [1.82, 2.24) is 9.62 Å². The molecule has 0 bridgehead atoms. The molecule has 0 amide bonds. The van der Waals surface area contributed by atoms with Crippen LogP contribution in [0.4, 0.5) is 0 Å². The summed E-state index contributed by atoms with van der Waals surface area (Å²) in [5.74, 6) is 1.21. The van der Waals surface area contributed by atoms with E-state index in [2.05, 4.69) is 16.5 Å². The number of fused-ring (bicyclic) bond motifs is 1. The van der Waals surface area contributed by atoms with Crippen LogP contribution in [-0.4, -0.2) is 46.6 Å². The van der Waals surface area contributed by atoms with E-state index in [1.165, 1.54) is 18.4 Å². The minimum Gasteiger partial charge on any atom is -0.495 e. The minimum absolute atomic E-state index is 0.284. The van der Waals surface area contributed by atoms with Crippen molar-refractivity contribution >= 4 is 10.0 Å². The number of hydrogen-bond acceptors (Lipinski definition) is 4. The number of benzene rings is 1. The van der Waals surface area contributed by atoms with Crippen LogP contribution < -0.4 is 9.46 Å². The summed E-state index contributed by atoms with van der Waals surface area (Å²) < 4.78 is 33.7. The highest BCUT2D eigenvalue weighted by molar-refractivity contribution is 7.89. The van der Waals surface area contributed by atoms with E-state index in [1.807, 2.05) is 12.1 Å². The van der Waals surface area contributed by atoms with Crippen LogP contribution in [0.25, 0.3) is 0 Å². The van der Waals surface area contributed by atoms with Crippen LogP contribution in [0.2, 0.25) is 0 Å². The van der Waals surface area contributed by atoms with E-state index in [9.17, 15) is 8.42 Å². The van der Waals surface area contributed by atoms with E-state index < -0.39 is 10.0 Å². The van der Waals surface area contributed by atoms with Gasteiger partial charge in [0, 0.05) is 13.1 Å². The molecule has 1 atom stereocenters. The van der Waals surface area contributed by atoms with E-state index in [0.29, 0.717) is 12.3 Å². The number of nitrogens with zero attached hydrogens (tertiary/aromatic N) is 1. The van der Waals surface area contributed by atoms with Gasteiger partial charge in [-0.15, -0.1) is 0 Å². The number of sulfonamides is 1. The SMILES string of the molecule is COc1cc2c(cc1S(=O)(=O)NCCCN1CCC[C@H](C)C1)CCCC2. The zero-order valence-corrected chi connectivity index (χ0v) is 16.9. The molecule has 0 saturated carbocycles. The average molecular weight is 381 g/mol. The first-order chi connectivity index (χ1) is 12.5. The number of rotatable bonds is 7. The van der Waals surface area contributed by atoms with Crippen LogP contribution in [0.5, 0.6) is 5.75 Å². The second-order valence-corrected chi connectivity index (χ2v) is 9.51. The Morgan fingerprint density at radius 3 is 2.62 bits per heavy atom. The quantitative estimate of drug-likeness (QED) is 0.739. The number of aryl methyl sites for hydroxylation is 2. The molecule has 0 spiro atoms. The van der Waals surface area contributed by atoms with Crippen LogP contribution in [-0.2, 0) is 22.9 Å². The number of hydrogen-bond donors (Lipinski definition) is 1. The Hall–Kier alpha value is -1.11. The summed E-state index contributed by atoms with van der Waals surface area (Å²) in [5, 5.41) is 0. The predicted molar refractivity (Wildman–Crippen MR) is 104 cm³/mol. The second-order valence-electron chi connectivity index (χ2n) is 7.78. The highest BCUT2D eigenvalue weighted by Gasteiger charge is 2.23. The number of ether oxygens (including phenoxy) is 1. The zero-order valence-electron chi connectivity index (χ0n) is 16.1. The molecular formula is C20H32N2O3S. The standard InChI is InChI=1S/C20H32N2O3S/c1-16-7-5-11-22(15-16)12-6-10-21-26(23,24)20-14-18-9-4-3-8-17(18)13-19(20)25-2/h13-14,16,21H,3-12,15H2,1-2H3/t16-/m0/s1. The van der Waals surface area contributed by atoms with Gasteiger partial charge in [0.05, 0.1) is 7.11 Å². The molecular weight excluding hydrogens is 348 g/mol. The van der Waals surface area contributed by atoms with Crippen molar-refractivity contribution < 1.29 is 13.2 Å². The van der Waals surface area contributed by atoms with Crippen LogP contribution in [0, 0.1) is 5.92 Å². The number of methoxy groups -OCH3 is 1. The Morgan fingerprint density at radius 1 is 1.19 bits per heavy atom. The molecule has 1 aromatic rings. The lowest BCUT2D eigenvalue weighted by molar-refractivity contribution is 0.182. The van der Waals surface area contributed by atoms with Gasteiger partial charge in [0.2, 0.25) is 10.0 Å². The molecule has 0 radical (unpaired) electrons. The fourth-order valence-electron chi connectivity index (χ4n) is 4.19. The summed E-state index contributed by atoms with van der Waals surface area (Å²) >= 11 is 0. The first-order valence-electron chi connectivity index (χ1n) is 9.91. The summed E-state index contributed by atoms with van der Waals surface area (Å²) in [4.78, 5) is 2.73. The van der Waals surface area contributed by atoms with Crippen LogP contribution in [0.3, 0.4) is 0 Å². The van der Waals surface area contributed by atoms with E-state index in [1.54, 1.807) is 7.11 Å². The molecule has 146 valence electrons. The highest BCUT2D eigenvalue weighted by Crippen LogP contribution is 2.31. The first-order valence-corrected chi connectivity index (χ1v) is 11.4. The Labute approximate surface area is 158 Å². The van der Waals surface area contributed by atoms with Crippen LogP contribution >= 0.6 is 0 Å². The van der Waals surface area contributed by atoms with Gasteiger partial charge in [0.25, 0.3) is 0 Å². The molecule has 1 N–H and O–H groups in total.